The zero-order valence-corrected chi connectivity index (χ0v) is 13.9. The van der Waals surface area contributed by atoms with Crippen LogP contribution in [0.3, 0.4) is 0 Å². The number of halogens is 2. The molecule has 0 aliphatic heterocycles. The van der Waals surface area contributed by atoms with Crippen molar-refractivity contribution in [3.8, 4) is 5.69 Å². The summed E-state index contributed by atoms with van der Waals surface area (Å²) in [7, 11) is 0. The van der Waals surface area contributed by atoms with Crippen molar-refractivity contribution >= 4 is 49.6 Å². The molecule has 0 saturated carbocycles. The highest BCUT2D eigenvalue weighted by Crippen LogP contribution is 2.31. The van der Waals surface area contributed by atoms with Gasteiger partial charge in [0.05, 0.1) is 11.4 Å². The monoisotopic (exact) mass is 418 g/mol. The van der Waals surface area contributed by atoms with Crippen LogP contribution < -0.4 is 5.56 Å². The Bertz CT molecular complexity index is 698. The minimum absolute atomic E-state index is 0.168. The second-order valence-corrected chi connectivity index (χ2v) is 6.32. The second-order valence-electron chi connectivity index (χ2n) is 3.67. The van der Waals surface area contributed by atoms with Gasteiger partial charge in [0.25, 0.3) is 5.56 Å². The molecule has 104 valence electrons. The van der Waals surface area contributed by atoms with E-state index in [1.54, 1.807) is 10.8 Å². The van der Waals surface area contributed by atoms with Crippen LogP contribution >= 0.6 is 43.6 Å². The lowest BCUT2D eigenvalue weighted by Gasteiger charge is -2.14. The Kier molecular flexibility index (Phi) is 5.00. The third-order valence-corrected chi connectivity index (χ3v) is 4.50. The Hall–Kier alpha value is -1.12. The molecule has 1 heterocycles. The Morgan fingerprint density at radius 2 is 1.95 bits per heavy atom. The van der Waals surface area contributed by atoms with E-state index in [-0.39, 0.29) is 5.75 Å². The van der Waals surface area contributed by atoms with E-state index in [1.807, 2.05) is 18.2 Å². The summed E-state index contributed by atoms with van der Waals surface area (Å²) in [6.07, 6.45) is 1.57. The van der Waals surface area contributed by atoms with Crippen LogP contribution in [0.1, 0.15) is 0 Å². The number of benzene rings is 1. The Balaban J connectivity index is 2.56. The minimum atomic E-state index is -0.967. The molecule has 0 amide bonds. The molecular weight excluding hydrogens is 412 g/mol. The zero-order chi connectivity index (χ0) is 14.7. The smallest absolute Gasteiger partial charge is 0.313 e. The molecule has 0 unspecified atom stereocenters. The van der Waals surface area contributed by atoms with Crippen LogP contribution in [0.15, 0.2) is 49.4 Å². The van der Waals surface area contributed by atoms with Crippen molar-refractivity contribution in [2.24, 2.45) is 0 Å². The summed E-state index contributed by atoms with van der Waals surface area (Å²) in [6, 6.07) is 6.89. The van der Waals surface area contributed by atoms with Crippen LogP contribution in [-0.4, -0.2) is 26.4 Å². The number of hydrogen-bond acceptors (Lipinski definition) is 4. The first kappa shape index (κ1) is 15.3. The van der Waals surface area contributed by atoms with Crippen LogP contribution in [0.5, 0.6) is 0 Å². The molecule has 0 atom stereocenters. The van der Waals surface area contributed by atoms with Gasteiger partial charge in [-0.1, -0.05) is 17.8 Å². The Morgan fingerprint density at radius 1 is 1.30 bits per heavy atom. The van der Waals surface area contributed by atoms with Crippen molar-refractivity contribution in [3.63, 3.8) is 0 Å². The Morgan fingerprint density at radius 3 is 2.55 bits per heavy atom. The maximum absolute atomic E-state index is 11.4. The lowest BCUT2D eigenvalue weighted by Crippen LogP contribution is -2.13. The van der Waals surface area contributed by atoms with Crippen molar-refractivity contribution in [1.29, 1.82) is 0 Å². The molecule has 0 aliphatic carbocycles. The molecule has 0 aliphatic rings. The molecule has 8 heteroatoms. The number of hydrogen-bond donors (Lipinski definition) is 1. The highest BCUT2D eigenvalue weighted by atomic mass is 79.9. The molecule has 2 rings (SSSR count). The van der Waals surface area contributed by atoms with Crippen LogP contribution in [0.4, 0.5) is 0 Å². The number of carboxylic acid groups (broad SMARTS) is 1. The van der Waals surface area contributed by atoms with Gasteiger partial charge >= 0.3 is 5.97 Å². The van der Waals surface area contributed by atoms with E-state index >= 15 is 0 Å². The maximum atomic E-state index is 11.4. The first-order valence-corrected chi connectivity index (χ1v) is 7.95. The van der Waals surface area contributed by atoms with Gasteiger partial charge < -0.3 is 5.11 Å². The van der Waals surface area contributed by atoms with Crippen molar-refractivity contribution in [2.75, 3.05) is 5.75 Å². The normalized spacial score (nSPS) is 10.5. The molecule has 1 N–H and O–H groups in total. The summed E-state index contributed by atoms with van der Waals surface area (Å²) >= 11 is 7.86. The first-order valence-electron chi connectivity index (χ1n) is 5.37. The average molecular weight is 420 g/mol. The van der Waals surface area contributed by atoms with E-state index in [4.69, 9.17) is 5.11 Å². The summed E-state index contributed by atoms with van der Waals surface area (Å²) in [5, 5.41) is 9.09. The van der Waals surface area contributed by atoms with Gasteiger partial charge in [-0.25, -0.2) is 0 Å². The van der Waals surface area contributed by atoms with E-state index < -0.39 is 11.5 Å². The van der Waals surface area contributed by atoms with Crippen molar-refractivity contribution in [2.45, 2.75) is 5.16 Å². The lowest BCUT2D eigenvalue weighted by atomic mass is 10.3. The van der Waals surface area contributed by atoms with Gasteiger partial charge in [0.1, 0.15) is 0 Å². The van der Waals surface area contributed by atoms with E-state index in [9.17, 15) is 9.59 Å². The maximum Gasteiger partial charge on any atom is 0.313 e. The fourth-order valence-electron chi connectivity index (χ4n) is 1.50. The topological polar surface area (TPSA) is 72.2 Å². The lowest BCUT2D eigenvalue weighted by molar-refractivity contribution is -0.133. The molecule has 0 radical (unpaired) electrons. The predicted molar refractivity (Wildman–Crippen MR) is 83.6 cm³/mol. The van der Waals surface area contributed by atoms with Crippen molar-refractivity contribution in [3.05, 3.63) is 49.8 Å². The number of rotatable bonds is 4. The third-order valence-electron chi connectivity index (χ3n) is 2.28. The molecular formula is C12H8Br2N2O3S. The first-order chi connectivity index (χ1) is 9.49. The van der Waals surface area contributed by atoms with Gasteiger partial charge in [0.2, 0.25) is 0 Å². The summed E-state index contributed by atoms with van der Waals surface area (Å²) in [4.78, 5) is 25.9. The van der Waals surface area contributed by atoms with Gasteiger partial charge in [0.15, 0.2) is 5.16 Å². The van der Waals surface area contributed by atoms with Crippen LogP contribution in [0.2, 0.25) is 0 Å². The highest BCUT2D eigenvalue weighted by Gasteiger charge is 2.13. The van der Waals surface area contributed by atoms with Gasteiger partial charge in [-0.2, -0.15) is 4.98 Å². The quantitative estimate of drug-likeness (QED) is 0.609. The van der Waals surface area contributed by atoms with Crippen LogP contribution in [-0.2, 0) is 4.79 Å². The standard InChI is InChI=1S/C12H8Br2N2O3S/c13-7-2-1-3-8(14)11(7)16-5-4-9(17)15-12(16)20-6-10(18)19/h1-5H,6H2,(H,18,19). The van der Waals surface area contributed by atoms with Crippen LogP contribution in [0, 0.1) is 0 Å². The number of thioether (sulfide) groups is 1. The highest BCUT2D eigenvalue weighted by molar-refractivity contribution is 9.11. The zero-order valence-electron chi connectivity index (χ0n) is 9.92. The van der Waals surface area contributed by atoms with E-state index in [0.29, 0.717) is 5.16 Å². The van der Waals surface area contributed by atoms with Gasteiger partial charge in [-0.15, -0.1) is 0 Å². The summed E-state index contributed by atoms with van der Waals surface area (Å²) < 4.78 is 3.27. The number of para-hydroxylation sites is 1. The van der Waals surface area contributed by atoms with E-state index in [0.717, 1.165) is 26.4 Å². The fourth-order valence-corrected chi connectivity index (χ4v) is 3.58. The van der Waals surface area contributed by atoms with Gasteiger partial charge in [-0.3, -0.25) is 14.2 Å². The largest absolute Gasteiger partial charge is 0.481 e. The number of aliphatic carboxylic acids is 1. The molecule has 20 heavy (non-hydrogen) atoms. The van der Waals surface area contributed by atoms with Gasteiger partial charge in [0, 0.05) is 21.2 Å². The number of aromatic nitrogens is 2. The number of carbonyl (C=O) groups is 1. The summed E-state index contributed by atoms with van der Waals surface area (Å²) in [5.74, 6) is -1.13. The molecule has 0 bridgehead atoms. The molecule has 1 aromatic heterocycles. The molecule has 1 aromatic carbocycles. The minimum Gasteiger partial charge on any atom is -0.481 e. The molecule has 2 aromatic rings. The SMILES string of the molecule is O=C(O)CSc1nc(=O)ccn1-c1c(Br)cccc1Br. The fraction of sp³-hybridized carbons (Fsp3) is 0.0833. The van der Waals surface area contributed by atoms with Crippen molar-refractivity contribution < 1.29 is 9.90 Å². The molecule has 5 nitrogen and oxygen atoms in total. The number of carboxylic acids is 1. The predicted octanol–water partition coefficient (Wildman–Crippen LogP) is 2.93. The van der Waals surface area contributed by atoms with Gasteiger partial charge in [-0.05, 0) is 44.0 Å². The molecule has 0 saturated heterocycles. The molecule has 0 fully saturated rings. The average Bonchev–Trinajstić information content (AvgIpc) is 2.38. The molecule has 0 spiro atoms. The summed E-state index contributed by atoms with van der Waals surface area (Å²) in [6.45, 7) is 0. The second kappa shape index (κ2) is 6.55. The van der Waals surface area contributed by atoms with E-state index in [2.05, 4.69) is 36.8 Å². The van der Waals surface area contributed by atoms with E-state index in [1.165, 1.54) is 6.07 Å². The van der Waals surface area contributed by atoms with Crippen LogP contribution in [0.25, 0.3) is 5.69 Å². The van der Waals surface area contributed by atoms with Crippen molar-refractivity contribution in [1.82, 2.24) is 9.55 Å². The Labute approximate surface area is 135 Å². The third kappa shape index (κ3) is 3.50. The number of nitrogens with zero attached hydrogens (tertiary/aromatic N) is 2. The summed E-state index contributed by atoms with van der Waals surface area (Å²) in [5.41, 5.74) is 0.352.